The van der Waals surface area contributed by atoms with Gasteiger partial charge in [-0.2, -0.15) is 13.2 Å². The molecule has 0 heterocycles. The van der Waals surface area contributed by atoms with E-state index >= 15 is 0 Å². The van der Waals surface area contributed by atoms with Crippen molar-refractivity contribution in [2.45, 2.75) is 6.18 Å². The topological polar surface area (TPSA) is 38.3 Å². The highest BCUT2D eigenvalue weighted by atomic mass is 127. The fourth-order valence-electron chi connectivity index (χ4n) is 1.75. The highest BCUT2D eigenvalue weighted by molar-refractivity contribution is 14.1. The predicted molar refractivity (Wildman–Crippen MR) is 89.7 cm³/mol. The standard InChI is InChI=1S/C15H10ClF3INO2/c16-9-5-6-12(10(7-9)15(17,18)19)21-14(22)8-23-13-4-2-1-3-11(13)20/h1-7H,8H2,(H,21,22). The van der Waals surface area contributed by atoms with Crippen molar-refractivity contribution < 1.29 is 22.7 Å². The Morgan fingerprint density at radius 1 is 1.22 bits per heavy atom. The molecule has 0 saturated heterocycles. The number of anilines is 1. The summed E-state index contributed by atoms with van der Waals surface area (Å²) in [7, 11) is 0. The summed E-state index contributed by atoms with van der Waals surface area (Å²) in [6, 6.07) is 10.1. The van der Waals surface area contributed by atoms with E-state index in [1.807, 2.05) is 22.6 Å². The summed E-state index contributed by atoms with van der Waals surface area (Å²) in [6.45, 7) is -0.403. The second kappa shape index (κ2) is 7.39. The smallest absolute Gasteiger partial charge is 0.418 e. The van der Waals surface area contributed by atoms with Crippen molar-refractivity contribution in [3.05, 3.63) is 56.6 Å². The predicted octanol–water partition coefficient (Wildman–Crippen LogP) is 4.98. The van der Waals surface area contributed by atoms with Gasteiger partial charge in [-0.15, -0.1) is 0 Å². The van der Waals surface area contributed by atoms with E-state index in [9.17, 15) is 18.0 Å². The Hall–Kier alpha value is -1.48. The van der Waals surface area contributed by atoms with Crippen molar-refractivity contribution in [3.8, 4) is 5.75 Å². The van der Waals surface area contributed by atoms with Crippen LogP contribution in [0.2, 0.25) is 5.02 Å². The minimum Gasteiger partial charge on any atom is -0.483 e. The van der Waals surface area contributed by atoms with E-state index < -0.39 is 24.3 Å². The van der Waals surface area contributed by atoms with Crippen LogP contribution in [0.3, 0.4) is 0 Å². The van der Waals surface area contributed by atoms with Crippen molar-refractivity contribution in [1.82, 2.24) is 0 Å². The zero-order valence-corrected chi connectivity index (χ0v) is 14.4. The van der Waals surface area contributed by atoms with Crippen LogP contribution < -0.4 is 10.1 Å². The van der Waals surface area contributed by atoms with Gasteiger partial charge in [0.05, 0.1) is 14.8 Å². The van der Waals surface area contributed by atoms with Crippen molar-refractivity contribution in [2.75, 3.05) is 11.9 Å². The molecule has 1 N–H and O–H groups in total. The van der Waals surface area contributed by atoms with E-state index in [0.717, 1.165) is 15.7 Å². The second-order valence-corrected chi connectivity index (χ2v) is 6.05. The van der Waals surface area contributed by atoms with Crippen LogP contribution in [-0.2, 0) is 11.0 Å². The van der Waals surface area contributed by atoms with Crippen LogP contribution in [0, 0.1) is 3.57 Å². The average molecular weight is 456 g/mol. The molecule has 0 aliphatic rings. The average Bonchev–Trinajstić information content (AvgIpc) is 2.47. The van der Waals surface area contributed by atoms with Crippen LogP contribution in [0.15, 0.2) is 42.5 Å². The van der Waals surface area contributed by atoms with Gasteiger partial charge in [-0.05, 0) is 52.9 Å². The molecule has 2 aromatic carbocycles. The molecule has 2 aromatic rings. The van der Waals surface area contributed by atoms with Gasteiger partial charge in [-0.3, -0.25) is 4.79 Å². The van der Waals surface area contributed by atoms with Gasteiger partial charge in [-0.1, -0.05) is 23.7 Å². The van der Waals surface area contributed by atoms with Crippen LogP contribution in [0.25, 0.3) is 0 Å². The van der Waals surface area contributed by atoms with E-state index in [1.54, 1.807) is 24.3 Å². The molecule has 23 heavy (non-hydrogen) atoms. The molecule has 0 fully saturated rings. The summed E-state index contributed by atoms with van der Waals surface area (Å²) in [4.78, 5) is 11.8. The Bertz CT molecular complexity index is 722. The molecule has 3 nitrogen and oxygen atoms in total. The maximum atomic E-state index is 12.9. The van der Waals surface area contributed by atoms with E-state index in [1.165, 1.54) is 6.07 Å². The minimum absolute atomic E-state index is 0.0644. The number of carbonyl (C=O) groups excluding carboxylic acids is 1. The number of benzene rings is 2. The summed E-state index contributed by atoms with van der Waals surface area (Å²) in [6.07, 6.45) is -4.62. The Morgan fingerprint density at radius 2 is 1.91 bits per heavy atom. The number of halogens is 5. The fourth-order valence-corrected chi connectivity index (χ4v) is 2.47. The van der Waals surface area contributed by atoms with Crippen molar-refractivity contribution in [2.24, 2.45) is 0 Å². The second-order valence-electron chi connectivity index (χ2n) is 4.45. The van der Waals surface area contributed by atoms with Gasteiger partial charge >= 0.3 is 6.18 Å². The van der Waals surface area contributed by atoms with Crippen molar-refractivity contribution in [1.29, 1.82) is 0 Å². The lowest BCUT2D eigenvalue weighted by Gasteiger charge is -2.14. The lowest BCUT2D eigenvalue weighted by Crippen LogP contribution is -2.22. The molecule has 0 saturated carbocycles. The Morgan fingerprint density at radius 3 is 2.57 bits per heavy atom. The first-order chi connectivity index (χ1) is 10.8. The maximum absolute atomic E-state index is 12.9. The van der Waals surface area contributed by atoms with Crippen LogP contribution in [0.4, 0.5) is 18.9 Å². The van der Waals surface area contributed by atoms with Gasteiger partial charge in [0.25, 0.3) is 5.91 Å². The van der Waals surface area contributed by atoms with Crippen LogP contribution in [0.1, 0.15) is 5.56 Å². The summed E-state index contributed by atoms with van der Waals surface area (Å²) in [5.41, 5.74) is -1.37. The third-order valence-electron chi connectivity index (χ3n) is 2.76. The molecule has 0 unspecified atom stereocenters. The molecule has 0 aliphatic heterocycles. The summed E-state index contributed by atoms with van der Waals surface area (Å²) in [5, 5.41) is 2.12. The Kier molecular flexibility index (Phi) is 5.74. The zero-order valence-electron chi connectivity index (χ0n) is 11.5. The van der Waals surface area contributed by atoms with Gasteiger partial charge in [0, 0.05) is 5.02 Å². The van der Waals surface area contributed by atoms with Crippen molar-refractivity contribution >= 4 is 45.8 Å². The van der Waals surface area contributed by atoms with Gasteiger partial charge in [0.15, 0.2) is 6.61 Å². The van der Waals surface area contributed by atoms with Crippen molar-refractivity contribution in [3.63, 3.8) is 0 Å². The van der Waals surface area contributed by atoms with Crippen LogP contribution in [0.5, 0.6) is 5.75 Å². The molecule has 0 aromatic heterocycles. The normalized spacial score (nSPS) is 11.2. The SMILES string of the molecule is O=C(COc1ccccc1I)Nc1ccc(Cl)cc1C(F)(F)F. The van der Waals surface area contributed by atoms with Crippen LogP contribution in [-0.4, -0.2) is 12.5 Å². The third-order valence-corrected chi connectivity index (χ3v) is 3.88. The monoisotopic (exact) mass is 455 g/mol. The number of alkyl halides is 3. The summed E-state index contributed by atoms with van der Waals surface area (Å²) in [5.74, 6) is -0.215. The van der Waals surface area contributed by atoms with Gasteiger partial charge < -0.3 is 10.1 Å². The molecule has 2 rings (SSSR count). The van der Waals surface area contributed by atoms with E-state index in [2.05, 4.69) is 5.32 Å². The number of para-hydroxylation sites is 1. The van der Waals surface area contributed by atoms with E-state index in [4.69, 9.17) is 16.3 Å². The summed E-state index contributed by atoms with van der Waals surface area (Å²) < 4.78 is 44.9. The first-order valence-corrected chi connectivity index (χ1v) is 7.77. The van der Waals surface area contributed by atoms with Gasteiger partial charge in [0.2, 0.25) is 0 Å². The molecular weight excluding hydrogens is 446 g/mol. The number of carbonyl (C=O) groups is 1. The lowest BCUT2D eigenvalue weighted by atomic mass is 10.1. The number of ether oxygens (including phenoxy) is 1. The minimum atomic E-state index is -4.62. The molecule has 0 bridgehead atoms. The number of nitrogens with one attached hydrogen (secondary N) is 1. The molecule has 122 valence electrons. The quantitative estimate of drug-likeness (QED) is 0.661. The van der Waals surface area contributed by atoms with Gasteiger partial charge in [0.1, 0.15) is 5.75 Å². The number of hydrogen-bond acceptors (Lipinski definition) is 2. The Balaban J connectivity index is 2.08. The highest BCUT2D eigenvalue weighted by Crippen LogP contribution is 2.36. The first kappa shape index (κ1) is 17.9. The molecule has 0 atom stereocenters. The first-order valence-electron chi connectivity index (χ1n) is 6.31. The zero-order chi connectivity index (χ0) is 17.0. The largest absolute Gasteiger partial charge is 0.483 e. The highest BCUT2D eigenvalue weighted by Gasteiger charge is 2.34. The third kappa shape index (κ3) is 5.00. The lowest BCUT2D eigenvalue weighted by molar-refractivity contribution is -0.137. The number of rotatable bonds is 4. The van der Waals surface area contributed by atoms with E-state index in [-0.39, 0.29) is 10.7 Å². The summed E-state index contributed by atoms with van der Waals surface area (Å²) >= 11 is 7.61. The van der Waals surface area contributed by atoms with Gasteiger partial charge in [-0.25, -0.2) is 0 Å². The molecule has 0 spiro atoms. The number of amides is 1. The van der Waals surface area contributed by atoms with Crippen LogP contribution >= 0.6 is 34.2 Å². The maximum Gasteiger partial charge on any atom is 0.418 e. The molecule has 8 heteroatoms. The molecule has 0 aliphatic carbocycles. The number of hydrogen-bond donors (Lipinski definition) is 1. The Labute approximate surface area is 148 Å². The molecular formula is C15H10ClF3INO2. The molecule has 1 amide bonds. The fraction of sp³-hybridized carbons (Fsp3) is 0.133. The van der Waals surface area contributed by atoms with E-state index in [0.29, 0.717) is 5.75 Å². The molecule has 0 radical (unpaired) electrons.